The lowest BCUT2D eigenvalue weighted by Crippen LogP contribution is -2.57. The van der Waals surface area contributed by atoms with Crippen molar-refractivity contribution in [2.45, 2.75) is 5.72 Å². The third-order valence-electron chi connectivity index (χ3n) is 1.67. The summed E-state index contributed by atoms with van der Waals surface area (Å²) >= 11 is 0. The first-order valence-corrected chi connectivity index (χ1v) is 3.02. The SMILES string of the molecule is CN1C(=O)NC(=O)C1(O)C(N)=O. The van der Waals surface area contributed by atoms with E-state index in [2.05, 4.69) is 0 Å². The quantitative estimate of drug-likeness (QED) is 0.296. The molecule has 0 aromatic heterocycles. The van der Waals surface area contributed by atoms with Crippen LogP contribution in [-0.4, -0.2) is 40.6 Å². The number of nitrogens with two attached hydrogens (primary N) is 1. The van der Waals surface area contributed by atoms with Gasteiger partial charge < -0.3 is 10.8 Å². The number of nitrogens with zero attached hydrogens (tertiary/aromatic N) is 1. The van der Waals surface area contributed by atoms with Crippen molar-refractivity contribution in [2.24, 2.45) is 5.73 Å². The average Bonchev–Trinajstić information content (AvgIpc) is 2.16. The number of likely N-dealkylation sites (N-methyl/N-ethyl adjacent to an activating group) is 1. The zero-order valence-electron chi connectivity index (χ0n) is 6.20. The van der Waals surface area contributed by atoms with Crippen molar-refractivity contribution < 1.29 is 19.5 Å². The molecule has 0 aromatic carbocycles. The second-order valence-electron chi connectivity index (χ2n) is 2.35. The molecule has 1 rings (SSSR count). The van der Waals surface area contributed by atoms with Gasteiger partial charge in [-0.1, -0.05) is 0 Å². The maximum Gasteiger partial charge on any atom is 0.327 e. The predicted molar refractivity (Wildman–Crippen MR) is 35.4 cm³/mol. The highest BCUT2D eigenvalue weighted by atomic mass is 16.4. The summed E-state index contributed by atoms with van der Waals surface area (Å²) < 4.78 is 0. The molecule has 1 fully saturated rings. The predicted octanol–water partition coefficient (Wildman–Crippen LogP) is -2.66. The van der Waals surface area contributed by atoms with Crippen LogP contribution in [0.4, 0.5) is 4.79 Å². The Morgan fingerprint density at radius 2 is 2.17 bits per heavy atom. The molecule has 66 valence electrons. The van der Waals surface area contributed by atoms with E-state index in [9.17, 15) is 19.5 Å². The average molecular weight is 173 g/mol. The molecule has 4 amide bonds. The van der Waals surface area contributed by atoms with Gasteiger partial charge in [-0.25, -0.2) is 4.79 Å². The molecule has 0 aromatic rings. The molecule has 7 heteroatoms. The number of rotatable bonds is 1. The number of carbonyl (C=O) groups excluding carboxylic acids is 3. The Bertz CT molecular complexity index is 276. The van der Waals surface area contributed by atoms with Gasteiger partial charge in [-0.2, -0.15) is 0 Å². The molecule has 4 N–H and O–H groups in total. The molecule has 0 saturated carbocycles. The molecule has 1 heterocycles. The van der Waals surface area contributed by atoms with E-state index in [1.807, 2.05) is 0 Å². The lowest BCUT2D eigenvalue weighted by molar-refractivity contribution is -0.159. The second kappa shape index (κ2) is 2.18. The number of hydrogen-bond donors (Lipinski definition) is 3. The monoisotopic (exact) mass is 173 g/mol. The zero-order valence-corrected chi connectivity index (χ0v) is 6.20. The summed E-state index contributed by atoms with van der Waals surface area (Å²) in [5, 5.41) is 11.0. The maximum absolute atomic E-state index is 10.8. The number of hydrogen-bond acceptors (Lipinski definition) is 4. The number of imide groups is 1. The Hall–Kier alpha value is -1.63. The minimum absolute atomic E-state index is 0.539. The molecule has 1 aliphatic rings. The molecule has 0 bridgehead atoms. The van der Waals surface area contributed by atoms with Gasteiger partial charge in [0.1, 0.15) is 0 Å². The van der Waals surface area contributed by atoms with Crippen LogP contribution in [0.25, 0.3) is 0 Å². The highest BCUT2D eigenvalue weighted by Crippen LogP contribution is 2.15. The van der Waals surface area contributed by atoms with Gasteiger partial charge in [-0.15, -0.1) is 0 Å². The van der Waals surface area contributed by atoms with Crippen molar-refractivity contribution in [2.75, 3.05) is 7.05 Å². The van der Waals surface area contributed by atoms with Gasteiger partial charge >= 0.3 is 11.8 Å². The number of aliphatic hydroxyl groups is 1. The van der Waals surface area contributed by atoms with Gasteiger partial charge in [0.25, 0.3) is 11.8 Å². The zero-order chi connectivity index (χ0) is 9.52. The summed E-state index contributed by atoms with van der Waals surface area (Å²) in [5.74, 6) is -2.41. The van der Waals surface area contributed by atoms with E-state index >= 15 is 0 Å². The van der Waals surface area contributed by atoms with Gasteiger partial charge in [-0.05, 0) is 0 Å². The number of urea groups is 1. The third kappa shape index (κ3) is 0.766. The fraction of sp³-hybridized carbons (Fsp3) is 0.400. The molecule has 0 spiro atoms. The highest BCUT2D eigenvalue weighted by Gasteiger charge is 2.55. The Morgan fingerprint density at radius 3 is 2.33 bits per heavy atom. The van der Waals surface area contributed by atoms with Crippen LogP contribution >= 0.6 is 0 Å². The van der Waals surface area contributed by atoms with Crippen LogP contribution in [0.2, 0.25) is 0 Å². The van der Waals surface area contributed by atoms with E-state index in [0.29, 0.717) is 4.90 Å². The summed E-state index contributed by atoms with van der Waals surface area (Å²) in [6.07, 6.45) is 0. The van der Waals surface area contributed by atoms with Crippen LogP contribution in [0.5, 0.6) is 0 Å². The minimum atomic E-state index is -2.54. The molecule has 0 aliphatic carbocycles. The Balaban J connectivity index is 3.12. The molecule has 7 nitrogen and oxygen atoms in total. The van der Waals surface area contributed by atoms with Gasteiger partial charge in [0, 0.05) is 7.05 Å². The summed E-state index contributed by atoms with van der Waals surface area (Å²) in [4.78, 5) is 32.7. The van der Waals surface area contributed by atoms with Crippen LogP contribution < -0.4 is 11.1 Å². The summed E-state index contributed by atoms with van der Waals surface area (Å²) in [7, 11) is 1.09. The number of nitrogens with one attached hydrogen (secondary N) is 1. The standard InChI is InChI=1S/C5H7N3O4/c1-8-4(11)7-3(10)5(8,12)2(6)9/h12H,1H3,(H2,6,9)(H,7,10,11). The number of carbonyl (C=O) groups is 3. The van der Waals surface area contributed by atoms with E-state index in [0.717, 1.165) is 7.05 Å². The lowest BCUT2D eigenvalue weighted by atomic mass is 10.2. The van der Waals surface area contributed by atoms with E-state index in [1.165, 1.54) is 0 Å². The highest BCUT2D eigenvalue weighted by molar-refractivity contribution is 6.18. The van der Waals surface area contributed by atoms with Crippen molar-refractivity contribution in [1.29, 1.82) is 0 Å². The van der Waals surface area contributed by atoms with Crippen molar-refractivity contribution in [1.82, 2.24) is 10.2 Å². The minimum Gasteiger partial charge on any atom is -0.365 e. The van der Waals surface area contributed by atoms with Crippen LogP contribution in [0.1, 0.15) is 0 Å². The number of amides is 4. The van der Waals surface area contributed by atoms with Crippen LogP contribution in [0.3, 0.4) is 0 Å². The summed E-state index contributed by atoms with van der Waals surface area (Å²) in [6, 6.07) is -0.860. The molecule has 1 unspecified atom stereocenters. The van der Waals surface area contributed by atoms with Gasteiger partial charge in [0.05, 0.1) is 0 Å². The molecule has 1 saturated heterocycles. The van der Waals surface area contributed by atoms with Crippen LogP contribution in [0.15, 0.2) is 0 Å². The largest absolute Gasteiger partial charge is 0.365 e. The van der Waals surface area contributed by atoms with Crippen molar-refractivity contribution in [3.8, 4) is 0 Å². The Kier molecular flexibility index (Phi) is 1.54. The van der Waals surface area contributed by atoms with Crippen molar-refractivity contribution in [3.63, 3.8) is 0 Å². The van der Waals surface area contributed by atoms with E-state index in [-0.39, 0.29) is 0 Å². The molecular weight excluding hydrogens is 166 g/mol. The second-order valence-corrected chi connectivity index (χ2v) is 2.35. The van der Waals surface area contributed by atoms with Gasteiger partial charge in [0.2, 0.25) is 0 Å². The lowest BCUT2D eigenvalue weighted by Gasteiger charge is -2.22. The first-order valence-electron chi connectivity index (χ1n) is 3.02. The molecular formula is C5H7N3O4. The Labute approximate surface area is 67.1 Å². The van der Waals surface area contributed by atoms with Gasteiger partial charge in [-0.3, -0.25) is 19.8 Å². The molecule has 1 atom stereocenters. The smallest absolute Gasteiger partial charge is 0.327 e. The molecule has 12 heavy (non-hydrogen) atoms. The van der Waals surface area contributed by atoms with Gasteiger partial charge in [0.15, 0.2) is 0 Å². The first-order chi connectivity index (χ1) is 5.40. The number of primary amides is 1. The maximum atomic E-state index is 10.8. The van der Waals surface area contributed by atoms with Crippen LogP contribution in [-0.2, 0) is 9.59 Å². The normalized spacial score (nSPS) is 29.0. The molecule has 0 radical (unpaired) electrons. The summed E-state index contributed by atoms with van der Waals surface area (Å²) in [5.41, 5.74) is 2.19. The van der Waals surface area contributed by atoms with E-state index in [1.54, 1.807) is 5.32 Å². The van der Waals surface area contributed by atoms with E-state index < -0.39 is 23.6 Å². The van der Waals surface area contributed by atoms with Crippen molar-refractivity contribution >= 4 is 17.8 Å². The molecule has 1 aliphatic heterocycles. The third-order valence-corrected chi connectivity index (χ3v) is 1.67. The topological polar surface area (TPSA) is 113 Å². The van der Waals surface area contributed by atoms with E-state index in [4.69, 9.17) is 5.73 Å². The Morgan fingerprint density at radius 1 is 1.67 bits per heavy atom. The van der Waals surface area contributed by atoms with Crippen LogP contribution in [0, 0.1) is 0 Å². The fourth-order valence-electron chi connectivity index (χ4n) is 0.845. The first kappa shape index (κ1) is 8.47. The summed E-state index contributed by atoms with van der Waals surface area (Å²) in [6.45, 7) is 0. The fourth-order valence-corrected chi connectivity index (χ4v) is 0.845. The van der Waals surface area contributed by atoms with Crippen molar-refractivity contribution in [3.05, 3.63) is 0 Å².